The summed E-state index contributed by atoms with van der Waals surface area (Å²) in [5, 5.41) is 4.85. The average molecular weight is 286 g/mol. The maximum absolute atomic E-state index is 4.37. The highest BCUT2D eigenvalue weighted by atomic mass is 15.1. The summed E-state index contributed by atoms with van der Waals surface area (Å²) in [6.07, 6.45) is 6.63. The lowest BCUT2D eigenvalue weighted by Crippen LogP contribution is -2.40. The zero-order chi connectivity index (χ0) is 14.7. The van der Waals surface area contributed by atoms with Gasteiger partial charge in [0.1, 0.15) is 5.65 Å². The Morgan fingerprint density at radius 2 is 2.38 bits per heavy atom. The number of aromatic nitrogens is 2. The average Bonchev–Trinajstić information content (AvgIpc) is 2.89. The van der Waals surface area contributed by atoms with Gasteiger partial charge in [-0.2, -0.15) is 0 Å². The molecule has 114 valence electrons. The van der Waals surface area contributed by atoms with Gasteiger partial charge < -0.3 is 10.3 Å². The summed E-state index contributed by atoms with van der Waals surface area (Å²) in [4.78, 5) is 10.2. The van der Waals surface area contributed by atoms with E-state index < -0.39 is 0 Å². The molecule has 1 unspecified atom stereocenters. The summed E-state index contributed by atoms with van der Waals surface area (Å²) in [5.41, 5.74) is 2.37. The minimum Gasteiger partial charge on any atom is -0.346 e. The van der Waals surface area contributed by atoms with E-state index in [1.165, 1.54) is 36.9 Å². The van der Waals surface area contributed by atoms with E-state index in [1.807, 2.05) is 12.3 Å². The van der Waals surface area contributed by atoms with E-state index in [-0.39, 0.29) is 0 Å². The van der Waals surface area contributed by atoms with E-state index in [4.69, 9.17) is 0 Å². The molecule has 3 rings (SSSR count). The molecule has 1 atom stereocenters. The highest BCUT2D eigenvalue weighted by Gasteiger charge is 2.20. The number of hydrogen-bond donors (Lipinski definition) is 2. The molecule has 3 heterocycles. The third-order valence-electron chi connectivity index (χ3n) is 4.35. The van der Waals surface area contributed by atoms with E-state index in [9.17, 15) is 0 Å². The Morgan fingerprint density at radius 1 is 1.48 bits per heavy atom. The molecule has 0 spiro atoms. The minimum atomic E-state index is 0.583. The molecule has 4 nitrogen and oxygen atoms in total. The first-order valence-electron chi connectivity index (χ1n) is 8.09. The van der Waals surface area contributed by atoms with Crippen molar-refractivity contribution < 1.29 is 0 Å². The zero-order valence-electron chi connectivity index (χ0n) is 13.1. The molecule has 1 saturated heterocycles. The highest BCUT2D eigenvalue weighted by Crippen LogP contribution is 2.22. The molecule has 0 aromatic carbocycles. The van der Waals surface area contributed by atoms with Crippen LogP contribution in [0.4, 0.5) is 0 Å². The van der Waals surface area contributed by atoms with Gasteiger partial charge in [0.2, 0.25) is 0 Å². The first-order valence-corrected chi connectivity index (χ1v) is 8.09. The summed E-state index contributed by atoms with van der Waals surface area (Å²) in [7, 11) is 0. The summed E-state index contributed by atoms with van der Waals surface area (Å²) < 4.78 is 0. The number of hydrogen-bond acceptors (Lipinski definition) is 3. The van der Waals surface area contributed by atoms with Crippen molar-refractivity contribution in [3.8, 4) is 0 Å². The van der Waals surface area contributed by atoms with Crippen LogP contribution >= 0.6 is 0 Å². The molecule has 2 N–H and O–H groups in total. The predicted octanol–water partition coefficient (Wildman–Crippen LogP) is 2.77. The van der Waals surface area contributed by atoms with Gasteiger partial charge >= 0.3 is 0 Å². The fourth-order valence-electron chi connectivity index (χ4n) is 3.25. The quantitative estimate of drug-likeness (QED) is 0.888. The Hall–Kier alpha value is -1.39. The largest absolute Gasteiger partial charge is 0.346 e. The van der Waals surface area contributed by atoms with Crippen LogP contribution < -0.4 is 5.32 Å². The van der Waals surface area contributed by atoms with Gasteiger partial charge in [0.05, 0.1) is 0 Å². The molecular weight excluding hydrogens is 260 g/mol. The van der Waals surface area contributed by atoms with Gasteiger partial charge in [0, 0.05) is 36.9 Å². The van der Waals surface area contributed by atoms with Crippen molar-refractivity contribution in [3.05, 3.63) is 30.1 Å². The molecule has 2 aromatic heterocycles. The van der Waals surface area contributed by atoms with Crippen molar-refractivity contribution in [1.29, 1.82) is 0 Å². The number of H-pyrrole nitrogens is 1. The van der Waals surface area contributed by atoms with Crippen molar-refractivity contribution in [2.75, 3.05) is 19.6 Å². The summed E-state index contributed by atoms with van der Waals surface area (Å²) in [5.74, 6) is 0.782. The van der Waals surface area contributed by atoms with E-state index >= 15 is 0 Å². The van der Waals surface area contributed by atoms with Crippen molar-refractivity contribution in [2.24, 2.45) is 5.92 Å². The molecule has 0 amide bonds. The van der Waals surface area contributed by atoms with Crippen molar-refractivity contribution in [3.63, 3.8) is 0 Å². The number of pyridine rings is 1. The normalized spacial score (nSPS) is 20.4. The van der Waals surface area contributed by atoms with E-state index in [0.29, 0.717) is 6.04 Å². The molecule has 0 saturated carbocycles. The van der Waals surface area contributed by atoms with Gasteiger partial charge in [-0.15, -0.1) is 0 Å². The second-order valence-corrected chi connectivity index (χ2v) is 6.52. The predicted molar refractivity (Wildman–Crippen MR) is 87.2 cm³/mol. The molecule has 21 heavy (non-hydrogen) atoms. The first-order chi connectivity index (χ1) is 10.2. The molecule has 1 fully saturated rings. The van der Waals surface area contributed by atoms with Crippen LogP contribution in [0.2, 0.25) is 0 Å². The SMILES string of the molecule is CC(C)NCC1CCCN(Cc2c[nH]c3ncccc23)C1. The second-order valence-electron chi connectivity index (χ2n) is 6.52. The molecular formula is C17H26N4. The Morgan fingerprint density at radius 3 is 3.24 bits per heavy atom. The first kappa shape index (κ1) is 14.5. The molecule has 0 radical (unpaired) electrons. The molecule has 1 aliphatic rings. The van der Waals surface area contributed by atoms with Gasteiger partial charge in [0.15, 0.2) is 0 Å². The lowest BCUT2D eigenvalue weighted by atomic mass is 9.97. The van der Waals surface area contributed by atoms with Gasteiger partial charge in [0.25, 0.3) is 0 Å². The lowest BCUT2D eigenvalue weighted by molar-refractivity contribution is 0.164. The lowest BCUT2D eigenvalue weighted by Gasteiger charge is -2.33. The maximum Gasteiger partial charge on any atom is 0.137 e. The topological polar surface area (TPSA) is 44.0 Å². The monoisotopic (exact) mass is 286 g/mol. The van der Waals surface area contributed by atoms with Crippen LogP contribution in [0.1, 0.15) is 32.3 Å². The number of nitrogens with zero attached hydrogens (tertiary/aromatic N) is 2. The summed E-state index contributed by atoms with van der Waals surface area (Å²) >= 11 is 0. The molecule has 4 heteroatoms. The number of rotatable bonds is 5. The minimum absolute atomic E-state index is 0.583. The van der Waals surface area contributed by atoms with Crippen LogP contribution in [0.15, 0.2) is 24.5 Å². The molecule has 0 aliphatic carbocycles. The van der Waals surface area contributed by atoms with E-state index in [1.54, 1.807) is 0 Å². The van der Waals surface area contributed by atoms with Gasteiger partial charge in [-0.05, 0) is 49.5 Å². The number of fused-ring (bicyclic) bond motifs is 1. The fraction of sp³-hybridized carbons (Fsp3) is 0.588. The van der Waals surface area contributed by atoms with Gasteiger partial charge in [-0.3, -0.25) is 4.90 Å². The Balaban J connectivity index is 1.62. The highest BCUT2D eigenvalue weighted by molar-refractivity contribution is 5.79. The smallest absolute Gasteiger partial charge is 0.137 e. The molecule has 2 aromatic rings. The Labute approximate surface area is 126 Å². The van der Waals surface area contributed by atoms with Gasteiger partial charge in [-0.1, -0.05) is 13.8 Å². The second kappa shape index (κ2) is 6.58. The number of aromatic amines is 1. The third kappa shape index (κ3) is 3.63. The molecule has 0 bridgehead atoms. The van der Waals surface area contributed by atoms with Crippen LogP contribution in [0, 0.1) is 5.92 Å². The Kier molecular flexibility index (Phi) is 4.56. The Bertz CT molecular complexity index is 575. The van der Waals surface area contributed by atoms with Crippen LogP contribution in [0.3, 0.4) is 0 Å². The summed E-state index contributed by atoms with van der Waals surface area (Å²) in [6.45, 7) is 9.03. The zero-order valence-corrected chi connectivity index (χ0v) is 13.1. The number of nitrogens with one attached hydrogen (secondary N) is 2. The fourth-order valence-corrected chi connectivity index (χ4v) is 3.25. The van der Waals surface area contributed by atoms with Crippen molar-refractivity contribution in [1.82, 2.24) is 20.2 Å². The van der Waals surface area contributed by atoms with Crippen LogP contribution in [-0.4, -0.2) is 40.5 Å². The standard InChI is InChI=1S/C17H26N4/c1-13(2)19-9-14-5-4-8-21(11-14)12-15-10-20-17-16(15)6-3-7-18-17/h3,6-7,10,13-14,19H,4-5,8-9,11-12H2,1-2H3,(H,18,20). The van der Waals surface area contributed by atoms with Crippen LogP contribution in [-0.2, 0) is 6.54 Å². The number of piperidine rings is 1. The third-order valence-corrected chi connectivity index (χ3v) is 4.35. The maximum atomic E-state index is 4.37. The van der Waals surface area contributed by atoms with E-state index in [2.05, 4.69) is 46.3 Å². The number of likely N-dealkylation sites (tertiary alicyclic amines) is 1. The van der Waals surface area contributed by atoms with Crippen LogP contribution in [0.5, 0.6) is 0 Å². The summed E-state index contributed by atoms with van der Waals surface area (Å²) in [6, 6.07) is 4.77. The van der Waals surface area contributed by atoms with Crippen molar-refractivity contribution in [2.45, 2.75) is 39.3 Å². The van der Waals surface area contributed by atoms with E-state index in [0.717, 1.165) is 24.7 Å². The van der Waals surface area contributed by atoms with Gasteiger partial charge in [-0.25, -0.2) is 4.98 Å². The van der Waals surface area contributed by atoms with Crippen molar-refractivity contribution >= 4 is 11.0 Å². The van der Waals surface area contributed by atoms with Crippen LogP contribution in [0.25, 0.3) is 11.0 Å². The molecule has 1 aliphatic heterocycles.